The van der Waals surface area contributed by atoms with Crippen molar-refractivity contribution in [3.63, 3.8) is 0 Å². The van der Waals surface area contributed by atoms with E-state index in [4.69, 9.17) is 65.5 Å². The Kier molecular flexibility index (Phi) is 13.8. The Labute approximate surface area is 198 Å². The Morgan fingerprint density at radius 3 is 2.30 bits per heavy atom. The zero-order chi connectivity index (χ0) is 22.4. The minimum absolute atomic E-state index is 0.140. The molecule has 0 fully saturated rings. The van der Waals surface area contributed by atoms with Crippen LogP contribution < -0.4 is 9.47 Å². The van der Waals surface area contributed by atoms with Crippen LogP contribution in [0, 0.1) is 6.92 Å². The molecule has 168 valence electrons. The second kappa shape index (κ2) is 15.5. The van der Waals surface area contributed by atoms with Crippen LogP contribution in [-0.2, 0) is 16.0 Å². The molecule has 5 nitrogen and oxygen atoms in total. The highest BCUT2D eigenvalue weighted by atomic mass is 35.5. The number of unbranched alkanes of at least 4 members (excludes halogenated alkanes) is 1. The molecule has 0 bridgehead atoms. The van der Waals surface area contributed by atoms with E-state index >= 15 is 0 Å². The minimum Gasteiger partial charge on any atom is -0.493 e. The van der Waals surface area contributed by atoms with Gasteiger partial charge in [0, 0.05) is 6.92 Å². The number of nitrogens with zero attached hydrogens (tertiary/aromatic N) is 1. The summed E-state index contributed by atoms with van der Waals surface area (Å²) in [6, 6.07) is 3.92. The van der Waals surface area contributed by atoms with E-state index in [1.165, 1.54) is 6.08 Å². The fourth-order valence-electron chi connectivity index (χ4n) is 2.42. The normalized spacial score (nSPS) is 11.0. The molecule has 0 aromatic heterocycles. The topological polar surface area (TPSA) is 49.3 Å². The molecule has 1 aromatic rings. The summed E-state index contributed by atoms with van der Waals surface area (Å²) in [5.74, 6) is 2.10. The highest BCUT2D eigenvalue weighted by Crippen LogP contribution is 2.30. The van der Waals surface area contributed by atoms with Crippen molar-refractivity contribution < 1.29 is 19.0 Å². The molecule has 0 aliphatic heterocycles. The highest BCUT2D eigenvalue weighted by Gasteiger charge is 2.09. The zero-order valence-electron chi connectivity index (χ0n) is 17.4. The van der Waals surface area contributed by atoms with E-state index in [0.717, 1.165) is 41.9 Å². The third-order valence-corrected chi connectivity index (χ3v) is 4.41. The lowest BCUT2D eigenvalue weighted by Gasteiger charge is -2.15. The van der Waals surface area contributed by atoms with Crippen molar-refractivity contribution in [2.45, 2.75) is 40.0 Å². The lowest BCUT2D eigenvalue weighted by molar-refractivity contribution is 0.156. The molecule has 0 saturated carbocycles. The van der Waals surface area contributed by atoms with Crippen LogP contribution in [0.4, 0.5) is 0 Å². The molecule has 0 spiro atoms. The Morgan fingerprint density at radius 2 is 1.63 bits per heavy atom. The molecule has 0 unspecified atom stereocenters. The Balaban J connectivity index is 2.39. The van der Waals surface area contributed by atoms with Gasteiger partial charge in [-0.15, -0.1) is 0 Å². The standard InChI is InChI=1S/C21H27Cl4NO4/c1-4-17-14-18(28-11-7-19(22)23)13-15(2)21(17)29-10-6-5-9-27-16(3)26-30-12-8-20(24)25/h7-8,13-14H,4-6,9-12H2,1-3H3. The van der Waals surface area contributed by atoms with Gasteiger partial charge in [0.05, 0.1) is 13.2 Å². The van der Waals surface area contributed by atoms with Crippen molar-refractivity contribution >= 4 is 52.3 Å². The second-order valence-electron chi connectivity index (χ2n) is 6.19. The van der Waals surface area contributed by atoms with Crippen LogP contribution >= 0.6 is 46.4 Å². The number of hydrogen-bond acceptors (Lipinski definition) is 5. The van der Waals surface area contributed by atoms with Gasteiger partial charge in [-0.25, -0.2) is 0 Å². The molecule has 9 heteroatoms. The number of halogens is 4. The number of ether oxygens (including phenoxy) is 3. The molecule has 0 amide bonds. The van der Waals surface area contributed by atoms with E-state index in [0.29, 0.717) is 25.7 Å². The number of benzene rings is 1. The minimum atomic E-state index is 0.140. The molecule has 30 heavy (non-hydrogen) atoms. The van der Waals surface area contributed by atoms with Gasteiger partial charge in [0.1, 0.15) is 33.7 Å². The lowest BCUT2D eigenvalue weighted by Crippen LogP contribution is -2.06. The molecule has 0 heterocycles. The molecular formula is C21H27Cl4NO4. The van der Waals surface area contributed by atoms with Gasteiger partial charge in [0.25, 0.3) is 0 Å². The van der Waals surface area contributed by atoms with Gasteiger partial charge < -0.3 is 19.0 Å². The van der Waals surface area contributed by atoms with Gasteiger partial charge in [-0.3, -0.25) is 0 Å². The van der Waals surface area contributed by atoms with Crippen molar-refractivity contribution in [1.29, 1.82) is 0 Å². The van der Waals surface area contributed by atoms with Crippen LogP contribution in [0.5, 0.6) is 11.5 Å². The van der Waals surface area contributed by atoms with Crippen molar-refractivity contribution in [1.82, 2.24) is 0 Å². The first-order valence-corrected chi connectivity index (χ1v) is 11.1. The van der Waals surface area contributed by atoms with Crippen LogP contribution in [0.1, 0.15) is 37.8 Å². The van der Waals surface area contributed by atoms with E-state index in [-0.39, 0.29) is 15.6 Å². The first kappa shape index (κ1) is 26.8. The smallest absolute Gasteiger partial charge is 0.222 e. The molecule has 0 N–H and O–H groups in total. The van der Waals surface area contributed by atoms with Gasteiger partial charge in [-0.2, -0.15) is 0 Å². The monoisotopic (exact) mass is 497 g/mol. The third-order valence-electron chi connectivity index (χ3n) is 3.79. The molecule has 0 atom stereocenters. The number of aryl methyl sites for hydroxylation is 2. The SMILES string of the molecule is CCc1cc(OCC=C(Cl)Cl)cc(C)c1OCCCCOC(C)=NOCC=C(Cl)Cl. The van der Waals surface area contributed by atoms with Crippen LogP contribution in [0.3, 0.4) is 0 Å². The molecular weight excluding hydrogens is 472 g/mol. The summed E-state index contributed by atoms with van der Waals surface area (Å²) in [5, 5.41) is 3.81. The van der Waals surface area contributed by atoms with Gasteiger partial charge >= 0.3 is 0 Å². The Bertz CT molecular complexity index is 743. The number of rotatable bonds is 13. The van der Waals surface area contributed by atoms with E-state index in [2.05, 4.69) is 12.1 Å². The fourth-order valence-corrected chi connectivity index (χ4v) is 2.67. The first-order chi connectivity index (χ1) is 14.3. The van der Waals surface area contributed by atoms with Crippen molar-refractivity contribution in [3.05, 3.63) is 44.4 Å². The van der Waals surface area contributed by atoms with Gasteiger partial charge in [0.2, 0.25) is 5.90 Å². The van der Waals surface area contributed by atoms with Crippen molar-refractivity contribution in [2.75, 3.05) is 26.4 Å². The molecule has 1 rings (SSSR count). The van der Waals surface area contributed by atoms with E-state index in [1.54, 1.807) is 13.0 Å². The van der Waals surface area contributed by atoms with Gasteiger partial charge in [-0.05, 0) is 61.6 Å². The van der Waals surface area contributed by atoms with E-state index < -0.39 is 0 Å². The lowest BCUT2D eigenvalue weighted by atomic mass is 10.1. The summed E-state index contributed by atoms with van der Waals surface area (Å²) in [5.41, 5.74) is 2.11. The molecule has 1 aromatic carbocycles. The molecule has 0 aliphatic rings. The number of hydrogen-bond donors (Lipinski definition) is 0. The zero-order valence-corrected chi connectivity index (χ0v) is 20.4. The second-order valence-corrected chi connectivity index (χ2v) is 8.21. The average molecular weight is 499 g/mol. The predicted octanol–water partition coefficient (Wildman–Crippen LogP) is 7.10. The summed E-state index contributed by atoms with van der Waals surface area (Å²) >= 11 is 22.2. The van der Waals surface area contributed by atoms with Gasteiger partial charge in [-0.1, -0.05) is 58.5 Å². The summed E-state index contributed by atoms with van der Waals surface area (Å²) in [7, 11) is 0. The highest BCUT2D eigenvalue weighted by molar-refractivity contribution is 6.56. The van der Waals surface area contributed by atoms with Gasteiger partial charge in [0.15, 0.2) is 0 Å². The molecule has 0 aliphatic carbocycles. The molecule has 0 radical (unpaired) electrons. The maximum absolute atomic E-state index is 6.01. The first-order valence-electron chi connectivity index (χ1n) is 9.54. The van der Waals surface area contributed by atoms with Crippen LogP contribution in [0.2, 0.25) is 0 Å². The number of oxime groups is 1. The summed E-state index contributed by atoms with van der Waals surface area (Å²) in [4.78, 5) is 4.99. The van der Waals surface area contributed by atoms with Crippen molar-refractivity contribution in [2.24, 2.45) is 5.16 Å². The summed E-state index contributed by atoms with van der Waals surface area (Å²) in [6.45, 7) is 7.43. The maximum Gasteiger partial charge on any atom is 0.222 e. The summed E-state index contributed by atoms with van der Waals surface area (Å²) in [6.07, 6.45) is 5.60. The largest absolute Gasteiger partial charge is 0.493 e. The summed E-state index contributed by atoms with van der Waals surface area (Å²) < 4.78 is 17.5. The quantitative estimate of drug-likeness (QED) is 0.126. The fraction of sp³-hybridized carbons (Fsp3) is 0.476. The maximum atomic E-state index is 6.01. The van der Waals surface area contributed by atoms with Crippen LogP contribution in [-0.4, -0.2) is 32.3 Å². The van der Waals surface area contributed by atoms with Crippen LogP contribution in [0.25, 0.3) is 0 Å². The Morgan fingerprint density at radius 1 is 0.967 bits per heavy atom. The molecule has 0 saturated heterocycles. The van der Waals surface area contributed by atoms with Crippen molar-refractivity contribution in [3.8, 4) is 11.5 Å². The van der Waals surface area contributed by atoms with Crippen LogP contribution in [0.15, 0.2) is 38.4 Å². The van der Waals surface area contributed by atoms with E-state index in [9.17, 15) is 0 Å². The van der Waals surface area contributed by atoms with E-state index in [1.807, 2.05) is 19.1 Å². The average Bonchev–Trinajstić information content (AvgIpc) is 2.68. The third kappa shape index (κ3) is 11.8. The predicted molar refractivity (Wildman–Crippen MR) is 125 cm³/mol. The Hall–Kier alpha value is -1.27.